The molecule has 0 spiro atoms. The second-order valence-corrected chi connectivity index (χ2v) is 1.81. The van der Waals surface area contributed by atoms with E-state index in [1.54, 1.807) is 0 Å². The average molecular weight is 90.6 g/mol. The van der Waals surface area contributed by atoms with Gasteiger partial charge >= 0.3 is 0 Å². The fourth-order valence-electron chi connectivity index (χ4n) is 0.469. The van der Waals surface area contributed by atoms with Gasteiger partial charge in [-0.15, -0.1) is 6.22 Å². The Labute approximate surface area is 48.8 Å². The SMILES string of the molecule is [B]B(CC)C[B]C. The topological polar surface area (TPSA) is 0 Å². The summed E-state index contributed by atoms with van der Waals surface area (Å²) in [6.45, 7) is 4.54. The van der Waals surface area contributed by atoms with Crippen LogP contribution in [0.4, 0.5) is 0 Å². The first kappa shape index (κ1) is 7.19. The highest BCUT2D eigenvalue weighted by atomic mass is 13.5. The third-order valence-electron chi connectivity index (χ3n) is 1.06. The van der Waals surface area contributed by atoms with Crippen LogP contribution in [0, 0.1) is 0 Å². The van der Waals surface area contributed by atoms with Crippen molar-refractivity contribution in [2.75, 3.05) is 0 Å². The maximum Gasteiger partial charge on any atom is 0.0964 e. The molecule has 0 saturated carbocycles. The molecule has 35 valence electrons. The summed E-state index contributed by atoms with van der Waals surface area (Å²) in [7, 11) is 7.66. The lowest BCUT2D eigenvalue weighted by molar-refractivity contribution is 1.43. The Morgan fingerprint density at radius 1 is 1.71 bits per heavy atom. The van der Waals surface area contributed by atoms with Gasteiger partial charge in [-0.2, -0.15) is 0 Å². The molecule has 0 nitrogen and oxygen atoms in total. The van der Waals surface area contributed by atoms with E-state index in [-0.39, 0.29) is 0 Å². The minimum Gasteiger partial charge on any atom is -0.108 e. The zero-order valence-electron chi connectivity index (χ0n) is 5.15. The Balaban J connectivity index is 2.83. The van der Waals surface area contributed by atoms with Gasteiger partial charge in [0.05, 0.1) is 13.9 Å². The molecule has 0 amide bonds. The molecule has 0 aliphatic rings. The molecule has 0 unspecified atom stereocenters. The van der Waals surface area contributed by atoms with Gasteiger partial charge in [0, 0.05) is 7.74 Å². The normalized spacial score (nSPS) is 8.29. The molecule has 0 aliphatic carbocycles. The highest BCUT2D eigenvalue weighted by molar-refractivity contribution is 7.06. The summed E-state index contributed by atoms with van der Waals surface area (Å²) in [5.74, 6) is 0. The highest BCUT2D eigenvalue weighted by Gasteiger charge is 1.97. The lowest BCUT2D eigenvalue weighted by atomic mass is 9.24. The van der Waals surface area contributed by atoms with Crippen molar-refractivity contribution >= 4 is 21.6 Å². The number of hydrogen-bond donors (Lipinski definition) is 0. The van der Waals surface area contributed by atoms with Crippen molar-refractivity contribution in [1.29, 1.82) is 0 Å². The molecule has 0 rings (SSSR count). The van der Waals surface area contributed by atoms with Crippen molar-refractivity contribution in [2.45, 2.75) is 26.3 Å². The summed E-state index contributed by atoms with van der Waals surface area (Å²) >= 11 is 0. The maximum atomic E-state index is 5.55. The molecule has 0 fully saturated rings. The fourth-order valence-corrected chi connectivity index (χ4v) is 0.469. The van der Waals surface area contributed by atoms with Gasteiger partial charge < -0.3 is 0 Å². The molecule has 0 aliphatic heterocycles. The third kappa shape index (κ3) is 4.04. The van der Waals surface area contributed by atoms with E-state index in [2.05, 4.69) is 14.2 Å². The van der Waals surface area contributed by atoms with E-state index >= 15 is 0 Å². The second-order valence-electron chi connectivity index (χ2n) is 1.81. The standard InChI is InChI=1S/C4H10B3/c1-3-7(5)4-6-2/h3-4H2,1-2H3. The van der Waals surface area contributed by atoms with Crippen LogP contribution in [0.3, 0.4) is 0 Å². The summed E-state index contributed by atoms with van der Waals surface area (Å²) in [4.78, 5) is 0. The second kappa shape index (κ2) is 4.36. The van der Waals surface area contributed by atoms with Crippen LogP contribution in [0.15, 0.2) is 0 Å². The van der Waals surface area contributed by atoms with Gasteiger partial charge in [-0.1, -0.05) is 20.1 Å². The van der Waals surface area contributed by atoms with E-state index in [9.17, 15) is 0 Å². The van der Waals surface area contributed by atoms with Crippen molar-refractivity contribution < 1.29 is 0 Å². The van der Waals surface area contributed by atoms with Gasteiger partial charge in [0.1, 0.15) is 0 Å². The van der Waals surface area contributed by atoms with Crippen molar-refractivity contribution in [1.82, 2.24) is 0 Å². The first-order valence-electron chi connectivity index (χ1n) is 2.84. The molecule has 3 heteroatoms. The summed E-state index contributed by atoms with van der Waals surface area (Å²) in [6, 6.07) is 0. The number of hydrogen-bond acceptors (Lipinski definition) is 0. The van der Waals surface area contributed by atoms with Crippen LogP contribution >= 0.6 is 0 Å². The van der Waals surface area contributed by atoms with E-state index in [4.69, 9.17) is 7.74 Å². The van der Waals surface area contributed by atoms with Crippen molar-refractivity contribution in [3.63, 3.8) is 0 Å². The van der Waals surface area contributed by atoms with E-state index in [1.165, 1.54) is 0 Å². The number of rotatable bonds is 3. The first-order valence-corrected chi connectivity index (χ1v) is 2.84. The summed E-state index contributed by atoms with van der Waals surface area (Å²) in [6.07, 6.45) is 2.14. The van der Waals surface area contributed by atoms with Crippen LogP contribution in [0.5, 0.6) is 0 Å². The van der Waals surface area contributed by atoms with Crippen LogP contribution in [0.25, 0.3) is 0 Å². The molecule has 0 N–H and O–H groups in total. The molecule has 0 saturated heterocycles. The highest BCUT2D eigenvalue weighted by Crippen LogP contribution is 1.89. The summed E-state index contributed by atoms with van der Waals surface area (Å²) < 4.78 is 0. The Bertz CT molecular complexity index is 37.9. The van der Waals surface area contributed by atoms with Crippen molar-refractivity contribution in [2.24, 2.45) is 0 Å². The van der Waals surface area contributed by atoms with Crippen LogP contribution in [-0.4, -0.2) is 21.6 Å². The largest absolute Gasteiger partial charge is 0.108 e. The molecular formula is C4H10B3. The Morgan fingerprint density at radius 2 is 2.29 bits per heavy atom. The summed E-state index contributed by atoms with van der Waals surface area (Å²) in [5.41, 5.74) is 0. The molecule has 7 heavy (non-hydrogen) atoms. The monoisotopic (exact) mass is 91.1 g/mol. The smallest absolute Gasteiger partial charge is 0.0964 e. The Hall–Kier alpha value is 0.195. The molecule has 0 aromatic rings. The van der Waals surface area contributed by atoms with Gasteiger partial charge in [-0.25, -0.2) is 0 Å². The average Bonchev–Trinajstić information content (AvgIpc) is 1.68. The first-order chi connectivity index (χ1) is 3.31. The molecule has 3 radical (unpaired) electrons. The lowest BCUT2D eigenvalue weighted by Crippen LogP contribution is -2.12. The van der Waals surface area contributed by atoms with Crippen molar-refractivity contribution in [3.8, 4) is 0 Å². The Morgan fingerprint density at radius 3 is 2.43 bits per heavy atom. The van der Waals surface area contributed by atoms with E-state index in [0.717, 1.165) is 12.5 Å². The quantitative estimate of drug-likeness (QED) is 0.452. The van der Waals surface area contributed by atoms with Crippen LogP contribution in [0.1, 0.15) is 6.92 Å². The van der Waals surface area contributed by atoms with Crippen LogP contribution in [0.2, 0.25) is 19.4 Å². The minimum atomic E-state index is 0.394. The molecular weight excluding hydrogens is 80.5 g/mol. The van der Waals surface area contributed by atoms with Crippen LogP contribution in [-0.2, 0) is 0 Å². The lowest BCUT2D eigenvalue weighted by Gasteiger charge is -1.97. The molecule has 0 aromatic heterocycles. The zero-order chi connectivity index (χ0) is 5.70. The Kier molecular flexibility index (Phi) is 4.48. The zero-order valence-corrected chi connectivity index (χ0v) is 5.15. The van der Waals surface area contributed by atoms with Gasteiger partial charge in [0.2, 0.25) is 0 Å². The van der Waals surface area contributed by atoms with Crippen LogP contribution < -0.4 is 0 Å². The molecule has 0 atom stereocenters. The predicted molar refractivity (Wildman–Crippen MR) is 38.4 cm³/mol. The van der Waals surface area contributed by atoms with Gasteiger partial charge in [0.25, 0.3) is 0 Å². The van der Waals surface area contributed by atoms with Gasteiger partial charge in [-0.3, -0.25) is 0 Å². The van der Waals surface area contributed by atoms with Gasteiger partial charge in [0.15, 0.2) is 0 Å². The van der Waals surface area contributed by atoms with Crippen molar-refractivity contribution in [3.05, 3.63) is 0 Å². The van der Waals surface area contributed by atoms with Gasteiger partial charge in [-0.05, 0) is 0 Å². The molecule has 0 bridgehead atoms. The van der Waals surface area contributed by atoms with E-state index in [1.807, 2.05) is 6.82 Å². The van der Waals surface area contributed by atoms with E-state index < -0.39 is 0 Å². The minimum absolute atomic E-state index is 0.394. The third-order valence-corrected chi connectivity index (χ3v) is 1.06. The predicted octanol–water partition coefficient (Wildman–Crippen LogP) is 0.876. The maximum absolute atomic E-state index is 5.55. The molecule has 0 aromatic carbocycles. The summed E-state index contributed by atoms with van der Waals surface area (Å²) in [5, 5.41) is 0. The fraction of sp³-hybridized carbons (Fsp3) is 1.00. The van der Waals surface area contributed by atoms with E-state index in [0.29, 0.717) is 6.60 Å². The molecule has 0 heterocycles.